The molecule has 2 heterocycles. The first kappa shape index (κ1) is 14.0. The van der Waals surface area contributed by atoms with E-state index < -0.39 is 0 Å². The highest BCUT2D eigenvalue weighted by Crippen LogP contribution is 2.22. The lowest BCUT2D eigenvalue weighted by Crippen LogP contribution is -1.99. The highest BCUT2D eigenvalue weighted by Gasteiger charge is 2.05. The molecule has 0 saturated carbocycles. The average Bonchev–Trinajstić information content (AvgIpc) is 2.55. The molecule has 0 saturated heterocycles. The van der Waals surface area contributed by atoms with Crippen LogP contribution >= 0.6 is 0 Å². The summed E-state index contributed by atoms with van der Waals surface area (Å²) in [5, 5.41) is 3.28. The Bertz CT molecular complexity index is 775. The molecule has 5 heteroatoms. The third-order valence-corrected chi connectivity index (χ3v) is 3.13. The fourth-order valence-corrected chi connectivity index (χ4v) is 2.11. The van der Waals surface area contributed by atoms with E-state index in [0.717, 1.165) is 28.5 Å². The van der Waals surface area contributed by atoms with Crippen molar-refractivity contribution in [3.8, 4) is 17.1 Å². The summed E-state index contributed by atoms with van der Waals surface area (Å²) in [7, 11) is 1.65. The number of aromatic nitrogens is 3. The van der Waals surface area contributed by atoms with Gasteiger partial charge in [0.1, 0.15) is 11.6 Å². The number of ether oxygens (including phenoxy) is 1. The molecular formula is C17H16N4O. The van der Waals surface area contributed by atoms with E-state index in [1.807, 2.05) is 49.4 Å². The fraction of sp³-hybridized carbons (Fsp3) is 0.118. The molecular weight excluding hydrogens is 276 g/mol. The number of methoxy groups -OCH3 is 1. The minimum atomic E-state index is 0.674. The van der Waals surface area contributed by atoms with E-state index in [9.17, 15) is 0 Å². The molecule has 0 fully saturated rings. The van der Waals surface area contributed by atoms with E-state index in [2.05, 4.69) is 20.3 Å². The molecule has 110 valence electrons. The Balaban J connectivity index is 1.92. The van der Waals surface area contributed by atoms with E-state index in [4.69, 9.17) is 4.74 Å². The third-order valence-electron chi connectivity index (χ3n) is 3.13. The largest absolute Gasteiger partial charge is 0.497 e. The first-order valence-electron chi connectivity index (χ1n) is 6.92. The van der Waals surface area contributed by atoms with Crippen LogP contribution in [0.5, 0.6) is 5.75 Å². The first-order valence-corrected chi connectivity index (χ1v) is 6.92. The Morgan fingerprint density at radius 2 is 1.82 bits per heavy atom. The Labute approximate surface area is 129 Å². The smallest absolute Gasteiger partial charge is 0.161 e. The lowest BCUT2D eigenvalue weighted by molar-refractivity contribution is 0.415. The molecule has 0 aliphatic heterocycles. The second-order valence-electron chi connectivity index (χ2n) is 4.81. The molecule has 1 aromatic carbocycles. The van der Waals surface area contributed by atoms with Crippen molar-refractivity contribution >= 4 is 11.5 Å². The van der Waals surface area contributed by atoms with Crippen molar-refractivity contribution in [2.24, 2.45) is 0 Å². The van der Waals surface area contributed by atoms with Crippen molar-refractivity contribution in [1.82, 2.24) is 15.0 Å². The maximum absolute atomic E-state index is 5.23. The van der Waals surface area contributed by atoms with Crippen molar-refractivity contribution < 1.29 is 4.74 Å². The molecule has 1 N–H and O–H groups in total. The van der Waals surface area contributed by atoms with Gasteiger partial charge in [-0.3, -0.25) is 4.98 Å². The van der Waals surface area contributed by atoms with Crippen LogP contribution in [-0.4, -0.2) is 22.1 Å². The molecule has 0 radical (unpaired) electrons. The molecule has 22 heavy (non-hydrogen) atoms. The third kappa shape index (κ3) is 3.20. The lowest BCUT2D eigenvalue weighted by atomic mass is 10.2. The molecule has 3 aromatic rings. The predicted molar refractivity (Wildman–Crippen MR) is 86.3 cm³/mol. The van der Waals surface area contributed by atoms with Gasteiger partial charge in [0, 0.05) is 41.5 Å². The van der Waals surface area contributed by atoms with Gasteiger partial charge < -0.3 is 10.1 Å². The zero-order valence-electron chi connectivity index (χ0n) is 12.4. The molecule has 0 unspecified atom stereocenters. The molecule has 0 aliphatic rings. The van der Waals surface area contributed by atoms with Crippen molar-refractivity contribution in [2.75, 3.05) is 12.4 Å². The van der Waals surface area contributed by atoms with Gasteiger partial charge in [-0.25, -0.2) is 9.97 Å². The Morgan fingerprint density at radius 1 is 1.00 bits per heavy atom. The maximum atomic E-state index is 5.23. The summed E-state index contributed by atoms with van der Waals surface area (Å²) >= 11 is 0. The topological polar surface area (TPSA) is 59.9 Å². The highest BCUT2D eigenvalue weighted by molar-refractivity contribution is 5.62. The zero-order valence-corrected chi connectivity index (χ0v) is 12.4. The number of anilines is 2. The van der Waals surface area contributed by atoms with Crippen LogP contribution in [0.2, 0.25) is 0 Å². The minimum Gasteiger partial charge on any atom is -0.497 e. The second-order valence-corrected chi connectivity index (χ2v) is 4.81. The van der Waals surface area contributed by atoms with E-state index in [1.54, 1.807) is 19.5 Å². The van der Waals surface area contributed by atoms with Crippen LogP contribution in [0.3, 0.4) is 0 Å². The molecule has 0 aliphatic carbocycles. The van der Waals surface area contributed by atoms with Gasteiger partial charge in [0.05, 0.1) is 7.11 Å². The lowest BCUT2D eigenvalue weighted by Gasteiger charge is -2.09. The quantitative estimate of drug-likeness (QED) is 0.796. The summed E-state index contributed by atoms with van der Waals surface area (Å²) < 4.78 is 5.23. The molecule has 0 bridgehead atoms. The predicted octanol–water partition coefficient (Wildman–Crippen LogP) is 3.60. The van der Waals surface area contributed by atoms with Gasteiger partial charge in [-0.15, -0.1) is 0 Å². The summed E-state index contributed by atoms with van der Waals surface area (Å²) in [6, 6.07) is 13.4. The minimum absolute atomic E-state index is 0.674. The summed E-state index contributed by atoms with van der Waals surface area (Å²) in [6.45, 7) is 1.95. The van der Waals surface area contributed by atoms with Crippen LogP contribution < -0.4 is 10.1 Å². The monoisotopic (exact) mass is 292 g/mol. The van der Waals surface area contributed by atoms with Crippen LogP contribution in [0.4, 0.5) is 11.5 Å². The number of nitrogens with one attached hydrogen (secondary N) is 1. The first-order chi connectivity index (χ1) is 10.7. The molecule has 0 spiro atoms. The zero-order chi connectivity index (χ0) is 15.4. The van der Waals surface area contributed by atoms with Gasteiger partial charge in [0.15, 0.2) is 5.82 Å². The van der Waals surface area contributed by atoms with Gasteiger partial charge >= 0.3 is 0 Å². The summed E-state index contributed by atoms with van der Waals surface area (Å²) in [5.74, 6) is 2.21. The van der Waals surface area contributed by atoms with Crippen LogP contribution in [0.1, 0.15) is 5.69 Å². The number of rotatable bonds is 4. The van der Waals surface area contributed by atoms with Gasteiger partial charge in [-0.2, -0.15) is 0 Å². The summed E-state index contributed by atoms with van der Waals surface area (Å²) in [6.07, 6.45) is 3.46. The van der Waals surface area contributed by atoms with Gasteiger partial charge in [0.2, 0.25) is 0 Å². The fourth-order valence-electron chi connectivity index (χ4n) is 2.11. The average molecular weight is 292 g/mol. The number of nitrogens with zero attached hydrogens (tertiary/aromatic N) is 3. The summed E-state index contributed by atoms with van der Waals surface area (Å²) in [5.41, 5.74) is 2.75. The maximum Gasteiger partial charge on any atom is 0.161 e. The number of pyridine rings is 1. The summed E-state index contributed by atoms with van der Waals surface area (Å²) in [4.78, 5) is 13.1. The van der Waals surface area contributed by atoms with Crippen LogP contribution in [0, 0.1) is 6.92 Å². The Hall–Kier alpha value is -2.95. The Morgan fingerprint density at radius 3 is 2.59 bits per heavy atom. The van der Waals surface area contributed by atoms with Crippen LogP contribution in [-0.2, 0) is 0 Å². The van der Waals surface area contributed by atoms with Gasteiger partial charge in [-0.05, 0) is 31.2 Å². The standard InChI is InChI=1S/C17H16N4O/c1-12-10-16(20-14-4-3-5-15(11-14)22-2)21-17(19-12)13-6-8-18-9-7-13/h3-11H,1-2H3,(H,19,20,21). The molecule has 0 atom stereocenters. The number of benzene rings is 1. The van der Waals surface area contributed by atoms with Crippen molar-refractivity contribution in [2.45, 2.75) is 6.92 Å². The van der Waals surface area contributed by atoms with E-state index >= 15 is 0 Å². The van der Waals surface area contributed by atoms with Crippen molar-refractivity contribution in [1.29, 1.82) is 0 Å². The van der Waals surface area contributed by atoms with Crippen LogP contribution in [0.15, 0.2) is 54.9 Å². The van der Waals surface area contributed by atoms with E-state index in [1.165, 1.54) is 0 Å². The van der Waals surface area contributed by atoms with E-state index in [0.29, 0.717) is 5.82 Å². The number of hydrogen-bond acceptors (Lipinski definition) is 5. The van der Waals surface area contributed by atoms with E-state index in [-0.39, 0.29) is 0 Å². The number of aryl methyl sites for hydroxylation is 1. The van der Waals surface area contributed by atoms with Crippen molar-refractivity contribution in [3.63, 3.8) is 0 Å². The second kappa shape index (κ2) is 6.22. The van der Waals surface area contributed by atoms with Crippen molar-refractivity contribution in [3.05, 3.63) is 60.6 Å². The molecule has 3 rings (SSSR count). The van der Waals surface area contributed by atoms with Gasteiger partial charge in [-0.1, -0.05) is 6.07 Å². The highest BCUT2D eigenvalue weighted by atomic mass is 16.5. The van der Waals surface area contributed by atoms with Crippen LogP contribution in [0.25, 0.3) is 11.4 Å². The number of hydrogen-bond donors (Lipinski definition) is 1. The molecule has 0 amide bonds. The SMILES string of the molecule is COc1cccc(Nc2cc(C)nc(-c3ccncc3)n2)c1. The molecule has 5 nitrogen and oxygen atoms in total. The van der Waals surface area contributed by atoms with Gasteiger partial charge in [0.25, 0.3) is 0 Å². The molecule has 2 aromatic heterocycles. The normalized spacial score (nSPS) is 10.3. The Kier molecular flexibility index (Phi) is 3.96.